The monoisotopic (exact) mass is 302 g/mol. The summed E-state index contributed by atoms with van der Waals surface area (Å²) in [4.78, 5) is 24.6. The second kappa shape index (κ2) is 7.04. The van der Waals surface area contributed by atoms with Crippen LogP contribution >= 0.6 is 11.3 Å². The maximum Gasteiger partial charge on any atom is 0.243 e. The number of thiophene rings is 1. The van der Waals surface area contributed by atoms with Gasteiger partial charge in [0.1, 0.15) is 0 Å². The van der Waals surface area contributed by atoms with Gasteiger partial charge >= 0.3 is 0 Å². The third-order valence-electron chi connectivity index (χ3n) is 3.11. The summed E-state index contributed by atoms with van der Waals surface area (Å²) in [6.45, 7) is 3.87. The number of hydrogen-bond donors (Lipinski definition) is 2. The van der Waals surface area contributed by atoms with E-state index in [2.05, 4.69) is 10.6 Å². The van der Waals surface area contributed by atoms with E-state index in [9.17, 15) is 9.59 Å². The van der Waals surface area contributed by atoms with Crippen LogP contribution in [0.5, 0.6) is 0 Å². The van der Waals surface area contributed by atoms with Gasteiger partial charge in [-0.25, -0.2) is 0 Å². The molecule has 2 aromatic rings. The molecular weight excluding hydrogens is 284 g/mol. The van der Waals surface area contributed by atoms with E-state index in [1.807, 2.05) is 49.6 Å². The molecule has 110 valence electrons. The Labute approximate surface area is 128 Å². The Morgan fingerprint density at radius 1 is 1.05 bits per heavy atom. The zero-order chi connectivity index (χ0) is 15.2. The number of benzene rings is 1. The Hall–Kier alpha value is -2.14. The Balaban J connectivity index is 1.83. The van der Waals surface area contributed by atoms with Gasteiger partial charge in [0, 0.05) is 10.6 Å². The van der Waals surface area contributed by atoms with Crippen molar-refractivity contribution < 1.29 is 9.59 Å². The molecule has 0 aliphatic rings. The number of para-hydroxylation sites is 1. The second-order valence-electron chi connectivity index (χ2n) is 4.85. The molecule has 0 atom stereocenters. The molecule has 0 aliphatic carbocycles. The number of hydrogen-bond acceptors (Lipinski definition) is 3. The van der Waals surface area contributed by atoms with Crippen LogP contribution in [0.2, 0.25) is 0 Å². The molecule has 0 saturated heterocycles. The molecule has 0 bridgehead atoms. The molecule has 1 aromatic heterocycles. The molecule has 21 heavy (non-hydrogen) atoms. The average Bonchev–Trinajstić information content (AvgIpc) is 2.94. The second-order valence-corrected chi connectivity index (χ2v) is 5.88. The molecule has 2 amide bonds. The minimum Gasteiger partial charge on any atom is -0.347 e. The van der Waals surface area contributed by atoms with Crippen molar-refractivity contribution in [3.8, 4) is 0 Å². The first-order valence-corrected chi connectivity index (χ1v) is 7.59. The lowest BCUT2D eigenvalue weighted by molar-refractivity contribution is -0.123. The van der Waals surface area contributed by atoms with E-state index in [4.69, 9.17) is 0 Å². The molecule has 0 saturated carbocycles. The molecule has 2 rings (SSSR count). The van der Waals surface area contributed by atoms with Crippen molar-refractivity contribution in [1.29, 1.82) is 0 Å². The topological polar surface area (TPSA) is 58.2 Å². The number of amides is 2. The molecule has 0 fully saturated rings. The largest absolute Gasteiger partial charge is 0.347 e. The zero-order valence-electron chi connectivity index (χ0n) is 12.1. The highest BCUT2D eigenvalue weighted by atomic mass is 32.1. The van der Waals surface area contributed by atoms with Crippen LogP contribution in [0.3, 0.4) is 0 Å². The SMILES string of the molecule is Cc1cccc(C)c1NC(=O)CNC(=O)Cc1cccs1. The first-order valence-electron chi connectivity index (χ1n) is 6.71. The number of carbonyl (C=O) groups is 2. The maximum absolute atomic E-state index is 11.9. The van der Waals surface area contributed by atoms with Gasteiger partial charge in [-0.15, -0.1) is 11.3 Å². The molecule has 2 N–H and O–H groups in total. The predicted octanol–water partition coefficient (Wildman–Crippen LogP) is 2.66. The highest BCUT2D eigenvalue weighted by molar-refractivity contribution is 7.10. The number of rotatable bonds is 5. The van der Waals surface area contributed by atoms with Crippen LogP contribution in [0.15, 0.2) is 35.7 Å². The Kier molecular flexibility index (Phi) is 5.11. The first kappa shape index (κ1) is 15.3. The summed E-state index contributed by atoms with van der Waals surface area (Å²) in [7, 11) is 0. The van der Waals surface area contributed by atoms with Gasteiger partial charge in [0.05, 0.1) is 13.0 Å². The van der Waals surface area contributed by atoms with Crippen LogP contribution in [-0.4, -0.2) is 18.4 Å². The van der Waals surface area contributed by atoms with Crippen molar-refractivity contribution in [2.45, 2.75) is 20.3 Å². The zero-order valence-corrected chi connectivity index (χ0v) is 12.9. The lowest BCUT2D eigenvalue weighted by Crippen LogP contribution is -2.33. The molecule has 0 spiro atoms. The van der Waals surface area contributed by atoms with Crippen LogP contribution in [0.4, 0.5) is 5.69 Å². The van der Waals surface area contributed by atoms with Gasteiger partial charge in [-0.2, -0.15) is 0 Å². The molecule has 1 heterocycles. The van der Waals surface area contributed by atoms with E-state index in [-0.39, 0.29) is 18.4 Å². The molecule has 1 aromatic carbocycles. The lowest BCUT2D eigenvalue weighted by atomic mass is 10.1. The van der Waals surface area contributed by atoms with E-state index >= 15 is 0 Å². The van der Waals surface area contributed by atoms with E-state index in [0.717, 1.165) is 21.7 Å². The highest BCUT2D eigenvalue weighted by Gasteiger charge is 2.09. The summed E-state index contributed by atoms with van der Waals surface area (Å²) < 4.78 is 0. The number of anilines is 1. The average molecular weight is 302 g/mol. The van der Waals surface area contributed by atoms with Crippen LogP contribution < -0.4 is 10.6 Å². The smallest absolute Gasteiger partial charge is 0.243 e. The maximum atomic E-state index is 11.9. The summed E-state index contributed by atoms with van der Waals surface area (Å²) in [5, 5.41) is 7.40. The fourth-order valence-electron chi connectivity index (χ4n) is 2.01. The predicted molar refractivity (Wildman–Crippen MR) is 85.6 cm³/mol. The Bertz CT molecular complexity index is 615. The molecule has 0 unspecified atom stereocenters. The van der Waals surface area contributed by atoms with Gasteiger partial charge in [-0.3, -0.25) is 9.59 Å². The molecule has 0 radical (unpaired) electrons. The normalized spacial score (nSPS) is 10.2. The van der Waals surface area contributed by atoms with Crippen LogP contribution in [0.25, 0.3) is 0 Å². The molecule has 4 nitrogen and oxygen atoms in total. The number of carbonyl (C=O) groups excluding carboxylic acids is 2. The van der Waals surface area contributed by atoms with E-state index in [1.54, 1.807) is 0 Å². The van der Waals surface area contributed by atoms with Crippen molar-refractivity contribution in [2.75, 3.05) is 11.9 Å². The molecular formula is C16H18N2O2S. The Morgan fingerprint density at radius 3 is 2.38 bits per heavy atom. The molecule has 0 aliphatic heterocycles. The van der Waals surface area contributed by atoms with E-state index in [1.165, 1.54) is 11.3 Å². The summed E-state index contributed by atoms with van der Waals surface area (Å²) in [5.74, 6) is -0.360. The summed E-state index contributed by atoms with van der Waals surface area (Å²) >= 11 is 1.53. The van der Waals surface area contributed by atoms with Gasteiger partial charge in [-0.05, 0) is 36.4 Å². The number of nitrogens with one attached hydrogen (secondary N) is 2. The van der Waals surface area contributed by atoms with Crippen molar-refractivity contribution in [3.63, 3.8) is 0 Å². The van der Waals surface area contributed by atoms with Gasteiger partial charge in [0.2, 0.25) is 11.8 Å². The van der Waals surface area contributed by atoms with E-state index < -0.39 is 0 Å². The van der Waals surface area contributed by atoms with Gasteiger partial charge in [0.25, 0.3) is 0 Å². The third kappa shape index (κ3) is 4.43. The molecule has 5 heteroatoms. The lowest BCUT2D eigenvalue weighted by Gasteiger charge is -2.11. The minimum absolute atomic E-state index is 0.0159. The van der Waals surface area contributed by atoms with Crippen LogP contribution in [0, 0.1) is 13.8 Å². The summed E-state index contributed by atoms with van der Waals surface area (Å²) in [6.07, 6.45) is 0.314. The van der Waals surface area contributed by atoms with E-state index in [0.29, 0.717) is 6.42 Å². The van der Waals surface area contributed by atoms with Crippen LogP contribution in [-0.2, 0) is 16.0 Å². The van der Waals surface area contributed by atoms with Crippen molar-refractivity contribution in [1.82, 2.24) is 5.32 Å². The van der Waals surface area contributed by atoms with Gasteiger partial charge < -0.3 is 10.6 Å². The van der Waals surface area contributed by atoms with Gasteiger partial charge in [-0.1, -0.05) is 24.3 Å². The van der Waals surface area contributed by atoms with Crippen LogP contribution in [0.1, 0.15) is 16.0 Å². The summed E-state index contributed by atoms with van der Waals surface area (Å²) in [5.41, 5.74) is 2.83. The fraction of sp³-hybridized carbons (Fsp3) is 0.250. The summed E-state index contributed by atoms with van der Waals surface area (Å²) in [6, 6.07) is 9.64. The van der Waals surface area contributed by atoms with Crippen molar-refractivity contribution in [3.05, 3.63) is 51.7 Å². The van der Waals surface area contributed by atoms with Crippen molar-refractivity contribution >= 4 is 28.8 Å². The standard InChI is InChI=1S/C16H18N2O2S/c1-11-5-3-6-12(2)16(11)18-15(20)10-17-14(19)9-13-7-4-8-21-13/h3-8H,9-10H2,1-2H3,(H,17,19)(H,18,20). The van der Waals surface area contributed by atoms with Crippen molar-refractivity contribution in [2.24, 2.45) is 0 Å². The number of aryl methyl sites for hydroxylation is 2. The Morgan fingerprint density at radius 2 is 1.76 bits per heavy atom. The highest BCUT2D eigenvalue weighted by Crippen LogP contribution is 2.19. The quantitative estimate of drug-likeness (QED) is 0.892. The minimum atomic E-state index is -0.216. The van der Waals surface area contributed by atoms with Gasteiger partial charge in [0.15, 0.2) is 0 Å². The third-order valence-corrected chi connectivity index (χ3v) is 3.98. The first-order chi connectivity index (χ1) is 10.1. The fourth-order valence-corrected chi connectivity index (χ4v) is 2.71.